The van der Waals surface area contributed by atoms with Crippen LogP contribution in [0.2, 0.25) is 5.02 Å². The van der Waals surface area contributed by atoms with Gasteiger partial charge in [-0.25, -0.2) is 9.78 Å². The minimum absolute atomic E-state index is 0.132. The first kappa shape index (κ1) is 20.6. The van der Waals surface area contributed by atoms with Crippen LogP contribution in [-0.2, 0) is 17.8 Å². The number of urea groups is 1. The highest BCUT2D eigenvalue weighted by atomic mass is 35.5. The quantitative estimate of drug-likeness (QED) is 0.520. The highest BCUT2D eigenvalue weighted by Gasteiger charge is 2.10. The fraction of sp³-hybridized carbons (Fsp3) is 0.150. The number of methoxy groups -OCH3 is 1. The fourth-order valence-corrected chi connectivity index (χ4v) is 3.24. The molecule has 150 valence electrons. The zero-order valence-corrected chi connectivity index (χ0v) is 17.1. The van der Waals surface area contributed by atoms with Crippen LogP contribution in [0, 0.1) is 0 Å². The Morgan fingerprint density at radius 2 is 1.79 bits per heavy atom. The molecule has 3 amide bonds. The molecule has 3 aromatic rings. The van der Waals surface area contributed by atoms with E-state index in [1.165, 1.54) is 11.3 Å². The Hall–Kier alpha value is -3.10. The zero-order valence-electron chi connectivity index (χ0n) is 15.6. The molecule has 3 rings (SSSR count). The maximum Gasteiger partial charge on any atom is 0.325 e. The summed E-state index contributed by atoms with van der Waals surface area (Å²) in [6, 6.07) is 13.8. The normalized spacial score (nSPS) is 10.3. The number of thiazole rings is 1. The van der Waals surface area contributed by atoms with Gasteiger partial charge in [-0.15, -0.1) is 11.3 Å². The molecule has 0 aliphatic carbocycles. The van der Waals surface area contributed by atoms with Crippen molar-refractivity contribution < 1.29 is 14.3 Å². The standard InChI is InChI=1S/C20H19ClN4O3S/c1-28-17-8-2-13(3-9-17)11-22-18(26)10-16-12-29-20(24-16)25-19(27)23-15-6-4-14(21)5-7-15/h2-9,12H,10-11H2,1H3,(H,22,26)(H2,23,24,25,27). The summed E-state index contributed by atoms with van der Waals surface area (Å²) in [6.45, 7) is 0.418. The average Bonchev–Trinajstić information content (AvgIpc) is 3.15. The van der Waals surface area contributed by atoms with Crippen LogP contribution in [0.15, 0.2) is 53.9 Å². The number of ether oxygens (including phenoxy) is 1. The summed E-state index contributed by atoms with van der Waals surface area (Å²) < 4.78 is 5.11. The first-order chi connectivity index (χ1) is 14.0. The summed E-state index contributed by atoms with van der Waals surface area (Å²) in [6.07, 6.45) is 0.132. The van der Waals surface area contributed by atoms with Gasteiger partial charge < -0.3 is 15.4 Å². The first-order valence-electron chi connectivity index (χ1n) is 8.69. The van der Waals surface area contributed by atoms with Gasteiger partial charge in [0.05, 0.1) is 19.2 Å². The number of benzene rings is 2. The maximum atomic E-state index is 12.1. The number of carbonyl (C=O) groups is 2. The molecule has 0 unspecified atom stereocenters. The van der Waals surface area contributed by atoms with Crippen molar-refractivity contribution in [2.45, 2.75) is 13.0 Å². The van der Waals surface area contributed by atoms with E-state index in [1.54, 1.807) is 36.8 Å². The van der Waals surface area contributed by atoms with Crippen LogP contribution in [0.1, 0.15) is 11.3 Å². The highest BCUT2D eigenvalue weighted by Crippen LogP contribution is 2.18. The minimum Gasteiger partial charge on any atom is -0.497 e. The van der Waals surface area contributed by atoms with Gasteiger partial charge in [0.1, 0.15) is 5.75 Å². The largest absolute Gasteiger partial charge is 0.497 e. The molecule has 3 N–H and O–H groups in total. The molecule has 1 aromatic heterocycles. The molecule has 0 aliphatic heterocycles. The lowest BCUT2D eigenvalue weighted by atomic mass is 10.2. The van der Waals surface area contributed by atoms with Crippen LogP contribution < -0.4 is 20.7 Å². The molecule has 7 nitrogen and oxygen atoms in total. The highest BCUT2D eigenvalue weighted by molar-refractivity contribution is 7.14. The van der Waals surface area contributed by atoms with Crippen LogP contribution in [0.3, 0.4) is 0 Å². The number of rotatable bonds is 7. The van der Waals surface area contributed by atoms with Gasteiger partial charge in [0.25, 0.3) is 0 Å². The number of hydrogen-bond acceptors (Lipinski definition) is 5. The van der Waals surface area contributed by atoms with Gasteiger partial charge in [0.15, 0.2) is 5.13 Å². The number of aromatic nitrogens is 1. The molecule has 0 radical (unpaired) electrons. The summed E-state index contributed by atoms with van der Waals surface area (Å²) in [7, 11) is 1.61. The number of halogens is 1. The van der Waals surface area contributed by atoms with E-state index in [0.29, 0.717) is 28.1 Å². The van der Waals surface area contributed by atoms with Crippen molar-refractivity contribution in [3.8, 4) is 5.75 Å². The van der Waals surface area contributed by atoms with E-state index in [0.717, 1.165) is 11.3 Å². The van der Waals surface area contributed by atoms with Gasteiger partial charge in [0, 0.05) is 22.6 Å². The van der Waals surface area contributed by atoms with Crippen LogP contribution in [-0.4, -0.2) is 24.0 Å². The van der Waals surface area contributed by atoms with Crippen molar-refractivity contribution in [1.29, 1.82) is 0 Å². The summed E-state index contributed by atoms with van der Waals surface area (Å²) in [5, 5.41) is 10.9. The number of nitrogens with zero attached hydrogens (tertiary/aromatic N) is 1. The lowest BCUT2D eigenvalue weighted by Gasteiger charge is -2.06. The van der Waals surface area contributed by atoms with Gasteiger partial charge in [-0.1, -0.05) is 23.7 Å². The minimum atomic E-state index is -0.419. The predicted octanol–water partition coefficient (Wildman–Crippen LogP) is 4.31. The van der Waals surface area contributed by atoms with Crippen molar-refractivity contribution in [1.82, 2.24) is 10.3 Å². The summed E-state index contributed by atoms with van der Waals surface area (Å²) >= 11 is 7.07. The fourth-order valence-electron chi connectivity index (χ4n) is 2.41. The molecular weight excluding hydrogens is 412 g/mol. The van der Waals surface area contributed by atoms with Gasteiger partial charge in [-0.2, -0.15) is 0 Å². The molecule has 9 heteroatoms. The maximum absolute atomic E-state index is 12.1. The molecule has 0 atom stereocenters. The number of hydrogen-bond donors (Lipinski definition) is 3. The third-order valence-corrected chi connectivity index (χ3v) is 4.92. The molecule has 2 aromatic carbocycles. The van der Waals surface area contributed by atoms with E-state index >= 15 is 0 Å². The molecule has 0 spiro atoms. The smallest absolute Gasteiger partial charge is 0.325 e. The predicted molar refractivity (Wildman–Crippen MR) is 115 cm³/mol. The monoisotopic (exact) mass is 430 g/mol. The van der Waals surface area contributed by atoms with Crippen LogP contribution in [0.5, 0.6) is 5.75 Å². The molecule has 1 heterocycles. The van der Waals surface area contributed by atoms with E-state index in [2.05, 4.69) is 20.9 Å². The van der Waals surface area contributed by atoms with E-state index in [9.17, 15) is 9.59 Å². The van der Waals surface area contributed by atoms with Gasteiger partial charge >= 0.3 is 6.03 Å². The average molecular weight is 431 g/mol. The number of anilines is 2. The Bertz CT molecular complexity index is 974. The van der Waals surface area contributed by atoms with Crippen molar-refractivity contribution >= 4 is 45.7 Å². The summed E-state index contributed by atoms with van der Waals surface area (Å²) in [5.41, 5.74) is 2.17. The topological polar surface area (TPSA) is 92.4 Å². The van der Waals surface area contributed by atoms with Crippen molar-refractivity contribution in [3.63, 3.8) is 0 Å². The van der Waals surface area contributed by atoms with Crippen molar-refractivity contribution in [2.75, 3.05) is 17.7 Å². The molecular formula is C20H19ClN4O3S. The lowest BCUT2D eigenvalue weighted by molar-refractivity contribution is -0.120. The second kappa shape index (κ2) is 9.90. The Morgan fingerprint density at radius 3 is 2.48 bits per heavy atom. The molecule has 0 saturated heterocycles. The Balaban J connectivity index is 1.45. The zero-order chi connectivity index (χ0) is 20.6. The summed E-state index contributed by atoms with van der Waals surface area (Å²) in [5.74, 6) is 0.617. The summed E-state index contributed by atoms with van der Waals surface area (Å²) in [4.78, 5) is 28.4. The molecule has 0 bridgehead atoms. The number of amides is 3. The molecule has 0 aliphatic rings. The Kier molecular flexibility index (Phi) is 7.04. The second-order valence-corrected chi connectivity index (χ2v) is 7.33. The number of nitrogens with one attached hydrogen (secondary N) is 3. The van der Waals surface area contributed by atoms with E-state index in [4.69, 9.17) is 16.3 Å². The Labute approximate surface area is 177 Å². The van der Waals surface area contributed by atoms with Gasteiger partial charge in [-0.05, 0) is 42.0 Å². The van der Waals surface area contributed by atoms with Crippen LogP contribution >= 0.6 is 22.9 Å². The molecule has 29 heavy (non-hydrogen) atoms. The Morgan fingerprint density at radius 1 is 1.07 bits per heavy atom. The van der Waals surface area contributed by atoms with Gasteiger partial charge in [-0.3, -0.25) is 10.1 Å². The second-order valence-electron chi connectivity index (χ2n) is 6.03. The lowest BCUT2D eigenvalue weighted by Crippen LogP contribution is -2.24. The van der Waals surface area contributed by atoms with Crippen molar-refractivity contribution in [3.05, 3.63) is 70.2 Å². The molecule has 0 fully saturated rings. The number of carbonyl (C=O) groups excluding carboxylic acids is 2. The van der Waals surface area contributed by atoms with Crippen LogP contribution in [0.25, 0.3) is 0 Å². The van der Waals surface area contributed by atoms with E-state index in [1.807, 2.05) is 24.3 Å². The molecule has 0 saturated carbocycles. The van der Waals surface area contributed by atoms with Crippen molar-refractivity contribution in [2.24, 2.45) is 0 Å². The first-order valence-corrected chi connectivity index (χ1v) is 9.95. The third kappa shape index (κ3) is 6.48. The van der Waals surface area contributed by atoms with E-state index in [-0.39, 0.29) is 12.3 Å². The third-order valence-electron chi connectivity index (χ3n) is 3.86. The van der Waals surface area contributed by atoms with Gasteiger partial charge in [0.2, 0.25) is 5.91 Å². The van der Waals surface area contributed by atoms with E-state index < -0.39 is 6.03 Å². The SMILES string of the molecule is COc1ccc(CNC(=O)Cc2csc(NC(=O)Nc3ccc(Cl)cc3)n2)cc1. The van der Waals surface area contributed by atoms with Crippen LogP contribution in [0.4, 0.5) is 15.6 Å².